The zero-order valence-electron chi connectivity index (χ0n) is 25.9. The number of carbonyl (C=O) groups excluding carboxylic acids is 2. The van der Waals surface area contributed by atoms with Crippen LogP contribution in [0.3, 0.4) is 0 Å². The number of hydrogen-bond donors (Lipinski definition) is 2. The van der Waals surface area contributed by atoms with Crippen molar-refractivity contribution < 1.29 is 18.4 Å². The van der Waals surface area contributed by atoms with Crippen molar-refractivity contribution in [3.63, 3.8) is 0 Å². The van der Waals surface area contributed by atoms with E-state index in [1.807, 2.05) is 17.0 Å². The van der Waals surface area contributed by atoms with Gasteiger partial charge in [0.1, 0.15) is 23.0 Å². The Kier molecular flexibility index (Phi) is 9.22. The predicted molar refractivity (Wildman–Crippen MR) is 163 cm³/mol. The van der Waals surface area contributed by atoms with Crippen LogP contribution in [0.15, 0.2) is 47.5 Å². The van der Waals surface area contributed by atoms with Crippen LogP contribution in [0.25, 0.3) is 0 Å². The summed E-state index contributed by atoms with van der Waals surface area (Å²) in [5.41, 5.74) is 0.805. The first-order chi connectivity index (χ1) is 21.0. The minimum atomic E-state index is -0.803. The number of carbonyl (C=O) groups is 2. The molecule has 2 heterocycles. The molecule has 2 N–H and O–H groups in total. The smallest absolute Gasteiger partial charge is 0.275 e. The first kappa shape index (κ1) is 31.4. The van der Waals surface area contributed by atoms with Gasteiger partial charge in [0.25, 0.3) is 11.8 Å². The van der Waals surface area contributed by atoms with Crippen molar-refractivity contribution >= 4 is 17.5 Å². The summed E-state index contributed by atoms with van der Waals surface area (Å²) in [5.74, 6) is -1.15. The number of benzene rings is 2. The molecule has 1 spiro atoms. The maximum absolute atomic E-state index is 14.4. The second kappa shape index (κ2) is 12.9. The van der Waals surface area contributed by atoms with Gasteiger partial charge in [-0.05, 0) is 79.7 Å². The molecule has 1 atom stereocenters. The van der Waals surface area contributed by atoms with Crippen molar-refractivity contribution in [1.29, 1.82) is 0 Å². The van der Waals surface area contributed by atoms with Crippen LogP contribution in [0.1, 0.15) is 112 Å². The Morgan fingerprint density at radius 3 is 2.39 bits per heavy atom. The van der Waals surface area contributed by atoms with Gasteiger partial charge < -0.3 is 10.2 Å². The SMILES string of the molecule is CCCC1CCC2(CC1)N=C(c1cc(F)cc(F)c1)C(=O)N2[C@H](CCC(C)(C)C)c1ccc(C(=O)NCc2nn[nH]n2)cc1. The molecule has 11 heteroatoms. The van der Waals surface area contributed by atoms with Crippen molar-refractivity contribution in [3.05, 3.63) is 76.6 Å². The molecule has 5 rings (SSSR count). The molecule has 1 aromatic heterocycles. The van der Waals surface area contributed by atoms with Crippen LogP contribution in [0, 0.1) is 23.0 Å². The standard InChI is InChI=1S/C33H41F2N7O2/c1-5-6-21-11-15-33(16-12-21)37-29(24-17-25(34)19-26(35)18-24)31(44)42(33)27(13-14-32(2,3)4)22-7-9-23(10-8-22)30(43)36-20-28-38-40-41-39-28/h7-10,17-19,21,27H,5-6,11-16,20H2,1-4H3,(H,36,43)(H,38,39,40,41)/t21?,27-,33?/m1/s1. The summed E-state index contributed by atoms with van der Waals surface area (Å²) < 4.78 is 28.6. The van der Waals surface area contributed by atoms with Crippen LogP contribution >= 0.6 is 0 Å². The topological polar surface area (TPSA) is 116 Å². The Morgan fingerprint density at radius 2 is 1.80 bits per heavy atom. The Balaban J connectivity index is 1.49. The lowest BCUT2D eigenvalue weighted by atomic mass is 9.78. The van der Waals surface area contributed by atoms with Gasteiger partial charge in [-0.1, -0.05) is 57.9 Å². The summed E-state index contributed by atoms with van der Waals surface area (Å²) in [4.78, 5) is 34.2. The molecule has 0 radical (unpaired) electrons. The van der Waals surface area contributed by atoms with Crippen LogP contribution in [0.4, 0.5) is 8.78 Å². The maximum atomic E-state index is 14.4. The molecule has 0 unspecified atom stereocenters. The number of nitrogens with one attached hydrogen (secondary N) is 2. The molecule has 3 aromatic rings. The molecule has 2 aromatic carbocycles. The molecule has 0 bridgehead atoms. The van der Waals surface area contributed by atoms with Gasteiger partial charge in [-0.3, -0.25) is 14.6 Å². The Labute approximate surface area is 256 Å². The predicted octanol–water partition coefficient (Wildman–Crippen LogP) is 6.29. The summed E-state index contributed by atoms with van der Waals surface area (Å²) in [6, 6.07) is 10.1. The second-order valence-corrected chi connectivity index (χ2v) is 13.3. The third kappa shape index (κ3) is 7.03. The van der Waals surface area contributed by atoms with Gasteiger partial charge in [0, 0.05) is 17.2 Å². The second-order valence-electron chi connectivity index (χ2n) is 13.3. The summed E-state index contributed by atoms with van der Waals surface area (Å²) in [6.45, 7) is 8.81. The molecule has 1 fully saturated rings. The van der Waals surface area contributed by atoms with Crippen LogP contribution in [0.5, 0.6) is 0 Å². The number of amides is 2. The van der Waals surface area contributed by atoms with Gasteiger partial charge in [-0.2, -0.15) is 5.21 Å². The van der Waals surface area contributed by atoms with Crippen LogP contribution in [0.2, 0.25) is 0 Å². The van der Waals surface area contributed by atoms with Crippen molar-refractivity contribution in [2.75, 3.05) is 0 Å². The molecule has 9 nitrogen and oxygen atoms in total. The van der Waals surface area contributed by atoms with E-state index in [1.165, 1.54) is 12.1 Å². The summed E-state index contributed by atoms with van der Waals surface area (Å²) in [6.07, 6.45) is 6.95. The van der Waals surface area contributed by atoms with E-state index in [9.17, 15) is 18.4 Å². The molecule has 1 saturated carbocycles. The third-order valence-electron chi connectivity index (χ3n) is 8.76. The van der Waals surface area contributed by atoms with Crippen molar-refractivity contribution in [2.45, 2.75) is 97.3 Å². The minimum absolute atomic E-state index is 0.00265. The number of aromatic amines is 1. The number of halogens is 2. The van der Waals surface area contributed by atoms with Crippen molar-refractivity contribution in [1.82, 2.24) is 30.8 Å². The minimum Gasteiger partial charge on any atom is -0.345 e. The van der Waals surface area contributed by atoms with E-state index in [-0.39, 0.29) is 41.1 Å². The maximum Gasteiger partial charge on any atom is 0.275 e. The lowest BCUT2D eigenvalue weighted by Crippen LogP contribution is -2.51. The fourth-order valence-electron chi connectivity index (χ4n) is 6.50. The lowest BCUT2D eigenvalue weighted by molar-refractivity contribution is -0.133. The fourth-order valence-corrected chi connectivity index (χ4v) is 6.50. The summed E-state index contributed by atoms with van der Waals surface area (Å²) >= 11 is 0. The number of nitrogens with zero attached hydrogens (tertiary/aromatic N) is 5. The number of aliphatic imine (C=N–C) groups is 1. The van der Waals surface area contributed by atoms with Crippen molar-refractivity contribution in [3.8, 4) is 0 Å². The van der Waals surface area contributed by atoms with E-state index < -0.39 is 17.3 Å². The number of rotatable bonds is 10. The fraction of sp³-hybridized carbons (Fsp3) is 0.515. The molecule has 2 aliphatic rings. The van der Waals surface area contributed by atoms with E-state index >= 15 is 0 Å². The van der Waals surface area contributed by atoms with E-state index in [0.717, 1.165) is 43.7 Å². The highest BCUT2D eigenvalue weighted by molar-refractivity contribution is 6.46. The van der Waals surface area contributed by atoms with Gasteiger partial charge in [0.05, 0.1) is 12.6 Å². The quantitative estimate of drug-likeness (QED) is 0.282. The zero-order valence-corrected chi connectivity index (χ0v) is 25.9. The number of aromatic nitrogens is 4. The van der Waals surface area contributed by atoms with Crippen molar-refractivity contribution in [2.24, 2.45) is 16.3 Å². The Morgan fingerprint density at radius 1 is 1.11 bits per heavy atom. The molecular weight excluding hydrogens is 564 g/mol. The van der Waals surface area contributed by atoms with E-state index in [4.69, 9.17) is 4.99 Å². The highest BCUT2D eigenvalue weighted by atomic mass is 19.1. The Bertz CT molecular complexity index is 1470. The number of H-pyrrole nitrogens is 1. The van der Waals surface area contributed by atoms with Gasteiger partial charge in [-0.25, -0.2) is 8.78 Å². The van der Waals surface area contributed by atoms with Gasteiger partial charge in [0.2, 0.25) is 0 Å². The molecule has 1 aliphatic heterocycles. The largest absolute Gasteiger partial charge is 0.345 e. The number of hydrogen-bond acceptors (Lipinski definition) is 6. The first-order valence-electron chi connectivity index (χ1n) is 15.5. The van der Waals surface area contributed by atoms with E-state index in [1.54, 1.807) is 12.1 Å². The van der Waals surface area contributed by atoms with Crippen LogP contribution in [-0.2, 0) is 11.3 Å². The van der Waals surface area contributed by atoms with Gasteiger partial charge in [-0.15, -0.1) is 10.2 Å². The average Bonchev–Trinajstić information content (AvgIpc) is 3.59. The molecule has 0 saturated heterocycles. The van der Waals surface area contributed by atoms with Crippen LogP contribution in [-0.4, -0.2) is 48.7 Å². The Hall–Kier alpha value is -4.02. The molecule has 2 amide bonds. The zero-order chi connectivity index (χ0) is 31.5. The van der Waals surface area contributed by atoms with E-state index in [2.05, 4.69) is 53.6 Å². The van der Waals surface area contributed by atoms with E-state index in [0.29, 0.717) is 36.6 Å². The summed E-state index contributed by atoms with van der Waals surface area (Å²) in [5, 5.41) is 16.3. The molecule has 234 valence electrons. The first-order valence-corrected chi connectivity index (χ1v) is 15.5. The highest BCUT2D eigenvalue weighted by Gasteiger charge is 2.52. The lowest BCUT2D eigenvalue weighted by Gasteiger charge is -2.46. The third-order valence-corrected chi connectivity index (χ3v) is 8.76. The molecular formula is C33H41F2N7O2. The van der Waals surface area contributed by atoms with Gasteiger partial charge in [0.15, 0.2) is 5.82 Å². The number of tetrazole rings is 1. The highest BCUT2D eigenvalue weighted by Crippen LogP contribution is 2.48. The molecule has 44 heavy (non-hydrogen) atoms. The monoisotopic (exact) mass is 605 g/mol. The van der Waals surface area contributed by atoms with Gasteiger partial charge >= 0.3 is 0 Å². The van der Waals surface area contributed by atoms with Crippen LogP contribution < -0.4 is 5.32 Å². The average molecular weight is 606 g/mol. The molecule has 1 aliphatic carbocycles. The summed E-state index contributed by atoms with van der Waals surface area (Å²) in [7, 11) is 0. The normalized spacial score (nSPS) is 21.0.